The second kappa shape index (κ2) is 10.6. The van der Waals surface area contributed by atoms with Gasteiger partial charge in [-0.15, -0.1) is 0 Å². The summed E-state index contributed by atoms with van der Waals surface area (Å²) in [5.74, 6) is 1.63. The monoisotopic (exact) mass is 282 g/mol. The van der Waals surface area contributed by atoms with Gasteiger partial charge in [-0.25, -0.2) is 0 Å². The maximum absolute atomic E-state index is 3.54. The largest absolute Gasteiger partial charge is 0.316 e. The summed E-state index contributed by atoms with van der Waals surface area (Å²) in [6, 6.07) is 0.946. The molecule has 1 fully saturated rings. The minimum Gasteiger partial charge on any atom is -0.316 e. The van der Waals surface area contributed by atoms with Gasteiger partial charge in [-0.3, -0.25) is 0 Å². The topological polar surface area (TPSA) is 15.3 Å². The van der Waals surface area contributed by atoms with E-state index in [2.05, 4.69) is 37.9 Å². The highest BCUT2D eigenvalue weighted by Gasteiger charge is 2.27. The molecule has 1 rings (SSSR count). The van der Waals surface area contributed by atoms with Crippen LogP contribution in [0.1, 0.15) is 72.6 Å². The van der Waals surface area contributed by atoms with Crippen molar-refractivity contribution < 1.29 is 0 Å². The van der Waals surface area contributed by atoms with Crippen molar-refractivity contribution in [3.63, 3.8) is 0 Å². The molecule has 2 nitrogen and oxygen atoms in total. The van der Waals surface area contributed by atoms with Crippen molar-refractivity contribution in [3.05, 3.63) is 0 Å². The number of unbranched alkanes of at least 4 members (excludes halogenated alkanes) is 3. The summed E-state index contributed by atoms with van der Waals surface area (Å²) in [4.78, 5) is 2.76. The third kappa shape index (κ3) is 9.77. The first-order valence-electron chi connectivity index (χ1n) is 9.04. The molecule has 1 aliphatic rings. The lowest BCUT2D eigenvalue weighted by molar-refractivity contribution is 0.242. The number of nitrogens with one attached hydrogen (secondary N) is 1. The van der Waals surface area contributed by atoms with E-state index in [9.17, 15) is 0 Å². The van der Waals surface area contributed by atoms with Gasteiger partial charge in [0.1, 0.15) is 0 Å². The van der Waals surface area contributed by atoms with Crippen LogP contribution in [0.2, 0.25) is 0 Å². The van der Waals surface area contributed by atoms with E-state index in [0.717, 1.165) is 17.9 Å². The molecule has 20 heavy (non-hydrogen) atoms. The van der Waals surface area contributed by atoms with E-state index >= 15 is 0 Å². The van der Waals surface area contributed by atoms with Crippen molar-refractivity contribution in [2.24, 2.45) is 11.8 Å². The van der Waals surface area contributed by atoms with Gasteiger partial charge in [-0.2, -0.15) is 0 Å². The third-order valence-corrected chi connectivity index (χ3v) is 4.16. The second-order valence-electron chi connectivity index (χ2n) is 7.46. The molecule has 1 aliphatic carbocycles. The average molecular weight is 283 g/mol. The van der Waals surface area contributed by atoms with Gasteiger partial charge in [0.2, 0.25) is 0 Å². The summed E-state index contributed by atoms with van der Waals surface area (Å²) in [5, 5.41) is 3.54. The summed E-state index contributed by atoms with van der Waals surface area (Å²) in [7, 11) is 0. The molecule has 0 amide bonds. The molecule has 0 aromatic carbocycles. The summed E-state index contributed by atoms with van der Waals surface area (Å²) >= 11 is 0. The molecule has 0 aliphatic heterocycles. The fraction of sp³-hybridized carbons (Fsp3) is 1.00. The molecule has 0 unspecified atom stereocenters. The van der Waals surface area contributed by atoms with Gasteiger partial charge in [0, 0.05) is 6.04 Å². The molecule has 1 N–H and O–H groups in total. The van der Waals surface area contributed by atoms with Crippen LogP contribution in [0.15, 0.2) is 0 Å². The molecule has 1 saturated carbocycles. The molecule has 120 valence electrons. The molecule has 0 atom stereocenters. The van der Waals surface area contributed by atoms with Gasteiger partial charge in [0.15, 0.2) is 0 Å². The lowest BCUT2D eigenvalue weighted by atomic mass is 10.1. The smallest absolute Gasteiger partial charge is 0.00964 e. The molecular weight excluding hydrogens is 244 g/mol. The predicted molar refractivity (Wildman–Crippen MR) is 90.2 cm³/mol. The SMILES string of the molecule is CC(C)CCN(CCCCCCNCC(C)C)C1CC1. The van der Waals surface area contributed by atoms with Crippen LogP contribution in [0.25, 0.3) is 0 Å². The Labute approximate surface area is 127 Å². The van der Waals surface area contributed by atoms with E-state index in [0.29, 0.717) is 0 Å². The van der Waals surface area contributed by atoms with Gasteiger partial charge in [-0.1, -0.05) is 40.5 Å². The van der Waals surface area contributed by atoms with Crippen molar-refractivity contribution in [1.82, 2.24) is 10.2 Å². The number of hydrogen-bond acceptors (Lipinski definition) is 2. The highest BCUT2D eigenvalue weighted by molar-refractivity contribution is 4.84. The minimum absolute atomic E-state index is 0.781. The quantitative estimate of drug-likeness (QED) is 0.507. The van der Waals surface area contributed by atoms with Crippen molar-refractivity contribution in [1.29, 1.82) is 0 Å². The first-order chi connectivity index (χ1) is 9.59. The fourth-order valence-electron chi connectivity index (χ4n) is 2.65. The average Bonchev–Trinajstić information content (AvgIpc) is 3.19. The standard InChI is InChI=1S/C18H38N2/c1-16(2)11-14-20(18-9-10-18)13-8-6-5-7-12-19-15-17(3)4/h16-19H,5-15H2,1-4H3. The number of rotatable bonds is 13. The molecule has 0 aromatic rings. The van der Waals surface area contributed by atoms with Crippen LogP contribution in [-0.4, -0.2) is 37.1 Å². The molecule has 0 heterocycles. The Hall–Kier alpha value is -0.0800. The fourth-order valence-corrected chi connectivity index (χ4v) is 2.65. The van der Waals surface area contributed by atoms with E-state index in [4.69, 9.17) is 0 Å². The van der Waals surface area contributed by atoms with Crippen LogP contribution in [0, 0.1) is 11.8 Å². The second-order valence-corrected chi connectivity index (χ2v) is 7.46. The van der Waals surface area contributed by atoms with Crippen LogP contribution in [0.5, 0.6) is 0 Å². The summed E-state index contributed by atoms with van der Waals surface area (Å²) < 4.78 is 0. The molecule has 0 aromatic heterocycles. The summed E-state index contributed by atoms with van der Waals surface area (Å²) in [6.45, 7) is 14.3. The zero-order chi connectivity index (χ0) is 14.8. The number of nitrogens with zero attached hydrogens (tertiary/aromatic N) is 1. The zero-order valence-corrected chi connectivity index (χ0v) is 14.5. The van der Waals surface area contributed by atoms with E-state index in [-0.39, 0.29) is 0 Å². The van der Waals surface area contributed by atoms with Gasteiger partial charge >= 0.3 is 0 Å². The zero-order valence-electron chi connectivity index (χ0n) is 14.5. The van der Waals surface area contributed by atoms with E-state index in [1.165, 1.54) is 71.1 Å². The predicted octanol–water partition coefficient (Wildman–Crippen LogP) is 4.30. The molecule has 0 saturated heterocycles. The Kier molecular flexibility index (Phi) is 9.54. The van der Waals surface area contributed by atoms with Crippen LogP contribution >= 0.6 is 0 Å². The highest BCUT2D eigenvalue weighted by Crippen LogP contribution is 2.27. The maximum atomic E-state index is 3.54. The Bertz CT molecular complexity index is 221. The van der Waals surface area contributed by atoms with Crippen LogP contribution in [0.4, 0.5) is 0 Å². The van der Waals surface area contributed by atoms with Crippen molar-refractivity contribution in [2.75, 3.05) is 26.2 Å². The van der Waals surface area contributed by atoms with Crippen molar-refractivity contribution in [2.45, 2.75) is 78.7 Å². The Morgan fingerprint density at radius 1 is 0.900 bits per heavy atom. The van der Waals surface area contributed by atoms with Crippen molar-refractivity contribution in [3.8, 4) is 0 Å². The Morgan fingerprint density at radius 2 is 1.60 bits per heavy atom. The highest BCUT2D eigenvalue weighted by atomic mass is 15.2. The minimum atomic E-state index is 0.781. The summed E-state index contributed by atoms with van der Waals surface area (Å²) in [5.41, 5.74) is 0. The molecule has 0 radical (unpaired) electrons. The Balaban J connectivity index is 1.92. The molecule has 0 bridgehead atoms. The first kappa shape index (κ1) is 18.0. The van der Waals surface area contributed by atoms with Crippen LogP contribution < -0.4 is 5.32 Å². The van der Waals surface area contributed by atoms with E-state index in [1.54, 1.807) is 0 Å². The third-order valence-electron chi connectivity index (χ3n) is 4.16. The Morgan fingerprint density at radius 3 is 2.20 bits per heavy atom. The van der Waals surface area contributed by atoms with E-state index in [1.807, 2.05) is 0 Å². The van der Waals surface area contributed by atoms with Gasteiger partial charge in [0.25, 0.3) is 0 Å². The normalized spacial score (nSPS) is 15.8. The molecule has 2 heteroatoms. The molecular formula is C18H38N2. The van der Waals surface area contributed by atoms with Gasteiger partial charge in [-0.05, 0) is 70.1 Å². The van der Waals surface area contributed by atoms with Gasteiger partial charge < -0.3 is 10.2 Å². The van der Waals surface area contributed by atoms with Crippen molar-refractivity contribution >= 4 is 0 Å². The maximum Gasteiger partial charge on any atom is 0.00964 e. The lowest BCUT2D eigenvalue weighted by Crippen LogP contribution is -2.29. The summed E-state index contributed by atoms with van der Waals surface area (Å²) in [6.07, 6.45) is 9.84. The molecule has 0 spiro atoms. The lowest BCUT2D eigenvalue weighted by Gasteiger charge is -2.22. The first-order valence-corrected chi connectivity index (χ1v) is 9.04. The van der Waals surface area contributed by atoms with E-state index < -0.39 is 0 Å². The van der Waals surface area contributed by atoms with Crippen LogP contribution in [0.3, 0.4) is 0 Å². The van der Waals surface area contributed by atoms with Gasteiger partial charge in [0.05, 0.1) is 0 Å². The number of hydrogen-bond donors (Lipinski definition) is 1. The van der Waals surface area contributed by atoms with Crippen LogP contribution in [-0.2, 0) is 0 Å².